The number of rotatable bonds is 6. The van der Waals surface area contributed by atoms with Crippen LogP contribution in [0.2, 0.25) is 0 Å². The first-order chi connectivity index (χ1) is 15.5. The summed E-state index contributed by atoms with van der Waals surface area (Å²) in [6.07, 6.45) is -25.3. The summed E-state index contributed by atoms with van der Waals surface area (Å²) in [5.74, 6) is -1.69. The van der Waals surface area contributed by atoms with Crippen molar-refractivity contribution < 1.29 is 79.5 Å². The van der Waals surface area contributed by atoms with Crippen molar-refractivity contribution in [1.29, 1.82) is 0 Å². The molecule has 3 saturated heterocycles. The molecule has 0 aromatic heterocycles. The van der Waals surface area contributed by atoms with Gasteiger partial charge in [0, 0.05) is 0 Å². The van der Waals surface area contributed by atoms with E-state index in [-0.39, 0.29) is 0 Å². The van der Waals surface area contributed by atoms with Crippen LogP contribution in [0.15, 0.2) is 0 Å². The molecule has 16 heteroatoms. The molecule has 0 spiro atoms. The van der Waals surface area contributed by atoms with Crippen molar-refractivity contribution in [3.05, 3.63) is 0 Å². The zero-order chi connectivity index (χ0) is 24.6. The van der Waals surface area contributed by atoms with Crippen LogP contribution < -0.4 is 0 Å². The molecule has 3 rings (SSSR count). The summed E-state index contributed by atoms with van der Waals surface area (Å²) in [4.78, 5) is 11.4. The van der Waals surface area contributed by atoms with Crippen LogP contribution >= 0.6 is 0 Å². The van der Waals surface area contributed by atoms with Crippen LogP contribution in [0.4, 0.5) is 0 Å². The lowest BCUT2D eigenvalue weighted by Gasteiger charge is -2.47. The molecule has 3 aliphatic heterocycles. The van der Waals surface area contributed by atoms with E-state index in [1.807, 2.05) is 0 Å². The smallest absolute Gasteiger partial charge is 0.335 e. The van der Waals surface area contributed by atoms with Crippen LogP contribution in [0.1, 0.15) is 0 Å². The molecular weight excluding hydrogens is 460 g/mol. The molecule has 0 aliphatic carbocycles. The third-order valence-electron chi connectivity index (χ3n) is 5.67. The number of aliphatic hydroxyl groups is 9. The highest BCUT2D eigenvalue weighted by Crippen LogP contribution is 2.32. The van der Waals surface area contributed by atoms with Crippen molar-refractivity contribution in [2.75, 3.05) is 13.2 Å². The lowest BCUT2D eigenvalue weighted by atomic mass is 9.96. The fourth-order valence-electron chi connectivity index (χ4n) is 3.73. The van der Waals surface area contributed by atoms with Crippen LogP contribution in [0.25, 0.3) is 0 Å². The highest BCUT2D eigenvalue weighted by molar-refractivity contribution is 5.73. The second-order valence-corrected chi connectivity index (χ2v) is 7.93. The van der Waals surface area contributed by atoms with E-state index >= 15 is 0 Å². The minimum absolute atomic E-state index is 0.495. The Morgan fingerprint density at radius 2 is 1.36 bits per heavy atom. The zero-order valence-corrected chi connectivity index (χ0v) is 16.9. The van der Waals surface area contributed by atoms with E-state index in [1.54, 1.807) is 0 Å². The van der Waals surface area contributed by atoms with Crippen molar-refractivity contribution in [2.45, 2.75) is 86.0 Å². The molecule has 33 heavy (non-hydrogen) atoms. The van der Waals surface area contributed by atoms with Crippen molar-refractivity contribution in [3.8, 4) is 0 Å². The van der Waals surface area contributed by atoms with Crippen molar-refractivity contribution in [3.63, 3.8) is 0 Å². The second kappa shape index (κ2) is 10.7. The number of ether oxygens (including phenoxy) is 5. The summed E-state index contributed by atoms with van der Waals surface area (Å²) < 4.78 is 25.9. The highest BCUT2D eigenvalue weighted by atomic mass is 16.8. The van der Waals surface area contributed by atoms with E-state index in [0.29, 0.717) is 0 Å². The average Bonchev–Trinajstić information content (AvgIpc) is 2.77. The molecule has 0 aromatic carbocycles. The van der Waals surface area contributed by atoms with Crippen molar-refractivity contribution >= 4 is 5.97 Å². The first kappa shape index (κ1) is 26.5. The van der Waals surface area contributed by atoms with E-state index in [0.717, 1.165) is 0 Å². The summed E-state index contributed by atoms with van der Waals surface area (Å²) in [6, 6.07) is 0. The molecule has 0 saturated carbocycles. The fourth-order valence-corrected chi connectivity index (χ4v) is 3.73. The van der Waals surface area contributed by atoms with Gasteiger partial charge >= 0.3 is 5.97 Å². The highest BCUT2D eigenvalue weighted by Gasteiger charge is 2.54. The molecule has 0 aromatic rings. The number of carboxylic acid groups (broad SMARTS) is 1. The van der Waals surface area contributed by atoms with Crippen LogP contribution in [-0.2, 0) is 28.5 Å². The predicted molar refractivity (Wildman–Crippen MR) is 95.8 cm³/mol. The molecule has 3 fully saturated rings. The first-order valence-electron chi connectivity index (χ1n) is 9.99. The molecule has 0 bridgehead atoms. The number of aliphatic hydroxyl groups excluding tert-OH is 9. The van der Waals surface area contributed by atoms with Crippen LogP contribution in [0.3, 0.4) is 0 Å². The minimum Gasteiger partial charge on any atom is -0.479 e. The van der Waals surface area contributed by atoms with E-state index < -0.39 is 105 Å². The summed E-state index contributed by atoms with van der Waals surface area (Å²) in [5.41, 5.74) is 0. The Kier molecular flexibility index (Phi) is 8.57. The zero-order valence-electron chi connectivity index (χ0n) is 16.9. The third kappa shape index (κ3) is 5.29. The Labute approximate surface area is 185 Å². The number of hydrogen-bond acceptors (Lipinski definition) is 15. The third-order valence-corrected chi connectivity index (χ3v) is 5.67. The molecule has 8 unspecified atom stereocenters. The lowest BCUT2D eigenvalue weighted by Crippen LogP contribution is -2.66. The molecule has 0 radical (unpaired) electrons. The molecule has 16 nitrogen and oxygen atoms in total. The fraction of sp³-hybridized carbons (Fsp3) is 0.941. The SMILES string of the molecule is O=C(O)C1O[C@@H](O)C(O[C@@H]2OC(CO)[C@H](O)C(O)C2O)C(O[C@@H]2OC[C@@H](O)C(O)C2O)[C@@H]1O. The van der Waals surface area contributed by atoms with Crippen molar-refractivity contribution in [1.82, 2.24) is 0 Å². The average molecular weight is 488 g/mol. The quantitative estimate of drug-likeness (QED) is 0.166. The van der Waals surface area contributed by atoms with Gasteiger partial charge in [-0.05, 0) is 0 Å². The summed E-state index contributed by atoms with van der Waals surface area (Å²) in [5, 5.41) is 98.8. The van der Waals surface area contributed by atoms with Gasteiger partial charge in [-0.3, -0.25) is 0 Å². The number of aliphatic carboxylic acids is 1. The summed E-state index contributed by atoms with van der Waals surface area (Å²) >= 11 is 0. The molecule has 3 aliphatic rings. The molecule has 10 N–H and O–H groups in total. The maximum absolute atomic E-state index is 11.4. The van der Waals surface area contributed by atoms with E-state index in [4.69, 9.17) is 23.7 Å². The number of carboxylic acids is 1. The number of hydrogen-bond donors (Lipinski definition) is 10. The maximum Gasteiger partial charge on any atom is 0.335 e. The van der Waals surface area contributed by atoms with Crippen LogP contribution in [-0.4, -0.2) is 156 Å². The Morgan fingerprint density at radius 1 is 0.758 bits per heavy atom. The van der Waals surface area contributed by atoms with Crippen LogP contribution in [0.5, 0.6) is 0 Å². The monoisotopic (exact) mass is 488 g/mol. The standard InChI is InChI=1S/C17H28O16/c18-1-4-6(21)7(22)9(24)17(30-4)33-13-11(10(25)12(14(26)27)31-15(13)28)32-16-8(23)5(20)3(19)2-29-16/h3-13,15-25,28H,1-2H2,(H,26,27)/t3-,4?,5?,6+,7?,8?,9?,10+,11?,12?,13?,15-,16+,17+/m1/s1. The van der Waals surface area contributed by atoms with Gasteiger partial charge < -0.3 is 74.7 Å². The van der Waals surface area contributed by atoms with E-state index in [9.17, 15) is 55.9 Å². The molecular formula is C17H28O16. The normalized spacial score (nSPS) is 51.3. The molecule has 0 amide bonds. The molecule has 3 heterocycles. The van der Waals surface area contributed by atoms with Gasteiger partial charge in [0.1, 0.15) is 61.0 Å². The van der Waals surface area contributed by atoms with Gasteiger partial charge in [-0.15, -0.1) is 0 Å². The van der Waals surface area contributed by atoms with E-state index in [2.05, 4.69) is 0 Å². The van der Waals surface area contributed by atoms with E-state index in [1.165, 1.54) is 0 Å². The van der Waals surface area contributed by atoms with Gasteiger partial charge in [0.15, 0.2) is 25.0 Å². The van der Waals surface area contributed by atoms with Gasteiger partial charge in [-0.1, -0.05) is 0 Å². The lowest BCUT2D eigenvalue weighted by molar-refractivity contribution is -0.379. The summed E-state index contributed by atoms with van der Waals surface area (Å²) in [6.45, 7) is -1.29. The van der Waals surface area contributed by atoms with Gasteiger partial charge in [0.25, 0.3) is 0 Å². The Balaban J connectivity index is 1.83. The minimum atomic E-state index is -2.12. The molecule has 192 valence electrons. The molecule has 14 atom stereocenters. The van der Waals surface area contributed by atoms with Crippen LogP contribution in [0, 0.1) is 0 Å². The topological polar surface area (TPSA) is 266 Å². The van der Waals surface area contributed by atoms with Crippen molar-refractivity contribution in [2.24, 2.45) is 0 Å². The van der Waals surface area contributed by atoms with Gasteiger partial charge in [0.2, 0.25) is 0 Å². The first-order valence-corrected chi connectivity index (χ1v) is 9.99. The predicted octanol–water partition coefficient (Wildman–Crippen LogP) is -6.84. The largest absolute Gasteiger partial charge is 0.479 e. The summed E-state index contributed by atoms with van der Waals surface area (Å²) in [7, 11) is 0. The second-order valence-electron chi connectivity index (χ2n) is 7.93. The Bertz CT molecular complexity index is 663. The number of carbonyl (C=O) groups is 1. The maximum atomic E-state index is 11.4. The Hall–Kier alpha value is -1.09. The van der Waals surface area contributed by atoms with Gasteiger partial charge in [-0.25, -0.2) is 4.79 Å². The van der Waals surface area contributed by atoms with Gasteiger partial charge in [0.05, 0.1) is 13.2 Å². The van der Waals surface area contributed by atoms with Gasteiger partial charge in [-0.2, -0.15) is 0 Å². The Morgan fingerprint density at radius 3 is 1.97 bits per heavy atom.